The van der Waals surface area contributed by atoms with E-state index in [-0.39, 0.29) is 142 Å². The largest absolute Gasteiger partial charge is 0.445 e. The monoisotopic (exact) mass is 1420 g/mol. The number of hydrogen-bond donors (Lipinski definition) is 6. The number of amides is 7. The van der Waals surface area contributed by atoms with Crippen LogP contribution in [0, 0.1) is 47.3 Å². The molecule has 3 rings (SSSR count). The molecule has 568 valence electrons. The van der Waals surface area contributed by atoms with Crippen molar-refractivity contribution in [2.24, 2.45) is 58.8 Å². The predicted octanol–water partition coefficient (Wildman–Crippen LogP) is 8.72. The highest BCUT2D eigenvalue weighted by molar-refractivity contribution is 5.98. The van der Waals surface area contributed by atoms with Crippen LogP contribution in [0.3, 0.4) is 0 Å². The summed E-state index contributed by atoms with van der Waals surface area (Å²) >= 11 is 0. The molecule has 1 heterocycles. The standard InChI is InChI=1S/C76H122N8O17/c1-15-51(8)70(65(97-13)44-67(91)84-37-23-31-61(84)72(98-14)53(10)62(87)41-52(9)71(92)55-25-18-16-19-26-55)82(11)74(94)60(48(2)3)43-64(89)69(50(6)7)83(12)76(96)101-46-54-32-34-57(35-33-54)80-73(93)56(27-22-36-79-75(78)95)42-63(88)68(49(4)5)81-66(90)47-100-40-39-99-38-24-30-58(85)28-20-17-21-29-59(86)45-77/h16,18-19,25-26,32-35,48-53,56,60-61,65,68-72,92H,15,17,20-24,27-31,36-47,77H2,1-14H3,(H,80,93)(H,81,90)(H3,78,79,95)/t51-,52-,53-,56-,60+,61-,65+,68-,69?,70?,71+,72+/m0/s1. The van der Waals surface area contributed by atoms with E-state index in [2.05, 4.69) is 16.0 Å². The molecule has 25 nitrogen and oxygen atoms in total. The minimum atomic E-state index is -0.971. The van der Waals surface area contributed by atoms with Gasteiger partial charge in [-0.15, -0.1) is 0 Å². The molecule has 2 aromatic rings. The van der Waals surface area contributed by atoms with Crippen LogP contribution in [0.2, 0.25) is 0 Å². The van der Waals surface area contributed by atoms with Gasteiger partial charge in [0.1, 0.15) is 30.6 Å². The fourth-order valence-electron chi connectivity index (χ4n) is 13.4. The zero-order valence-electron chi connectivity index (χ0n) is 62.8. The molecule has 25 heteroatoms. The first-order valence-corrected chi connectivity index (χ1v) is 36.4. The number of benzene rings is 2. The summed E-state index contributed by atoms with van der Waals surface area (Å²) in [5, 5.41) is 19.1. The number of primary amides is 1. The van der Waals surface area contributed by atoms with Crippen molar-refractivity contribution in [3.05, 3.63) is 65.7 Å². The summed E-state index contributed by atoms with van der Waals surface area (Å²) in [5.74, 6) is -5.96. The molecule has 0 bridgehead atoms. The lowest BCUT2D eigenvalue weighted by Crippen LogP contribution is -2.54. The maximum Gasteiger partial charge on any atom is 0.410 e. The highest BCUT2D eigenvalue weighted by atomic mass is 16.6. The summed E-state index contributed by atoms with van der Waals surface area (Å²) in [7, 11) is 6.23. The van der Waals surface area contributed by atoms with Gasteiger partial charge in [0.15, 0.2) is 11.6 Å². The third-order valence-electron chi connectivity index (χ3n) is 19.5. The number of hydrogen-bond acceptors (Lipinski definition) is 18. The molecular formula is C76H122N8O17. The van der Waals surface area contributed by atoms with Crippen molar-refractivity contribution in [1.29, 1.82) is 0 Å². The molecule has 12 atom stereocenters. The molecular weight excluding hydrogens is 1300 g/mol. The molecule has 0 aromatic heterocycles. The summed E-state index contributed by atoms with van der Waals surface area (Å²) in [6.45, 7) is 19.3. The van der Waals surface area contributed by atoms with E-state index in [1.165, 1.54) is 19.1 Å². The van der Waals surface area contributed by atoms with Crippen molar-refractivity contribution in [2.75, 3.05) is 79.7 Å². The normalized spacial score (nSPS) is 16.4. The number of Topliss-reactive ketones (excluding diaryl/α,β-unsaturated/α-hetero) is 5. The second kappa shape index (κ2) is 46.6. The Labute approximate surface area is 600 Å². The first-order chi connectivity index (χ1) is 47.9. The van der Waals surface area contributed by atoms with Crippen LogP contribution in [0.15, 0.2) is 54.6 Å². The Morgan fingerprint density at radius 2 is 1.33 bits per heavy atom. The number of ether oxygens (including phenoxy) is 5. The molecule has 2 aromatic carbocycles. The molecule has 2 unspecified atom stereocenters. The highest BCUT2D eigenvalue weighted by Gasteiger charge is 2.44. The molecule has 101 heavy (non-hydrogen) atoms. The second-order valence-electron chi connectivity index (χ2n) is 28.4. The topological polar surface area (TPSA) is 352 Å². The number of ketones is 5. The fourth-order valence-corrected chi connectivity index (χ4v) is 13.4. The van der Waals surface area contributed by atoms with E-state index in [1.807, 2.05) is 85.7 Å². The minimum absolute atomic E-state index is 0.0152. The quantitative estimate of drug-likeness (QED) is 0.0337. The van der Waals surface area contributed by atoms with Crippen molar-refractivity contribution < 1.29 is 81.5 Å². The number of nitrogens with two attached hydrogens (primary N) is 2. The molecule has 1 fully saturated rings. The van der Waals surface area contributed by atoms with Crippen LogP contribution in [-0.4, -0.2) is 195 Å². The summed E-state index contributed by atoms with van der Waals surface area (Å²) in [4.78, 5) is 152. The minimum Gasteiger partial charge on any atom is -0.445 e. The average molecular weight is 1420 g/mol. The van der Waals surface area contributed by atoms with Gasteiger partial charge >= 0.3 is 12.1 Å². The number of methoxy groups -OCH3 is 2. The van der Waals surface area contributed by atoms with Crippen LogP contribution in [0.25, 0.3) is 0 Å². The number of rotatable bonds is 51. The van der Waals surface area contributed by atoms with Gasteiger partial charge in [-0.2, -0.15) is 0 Å². The second-order valence-corrected chi connectivity index (χ2v) is 28.4. The number of anilines is 1. The smallest absolute Gasteiger partial charge is 0.410 e. The van der Waals surface area contributed by atoms with E-state index in [9.17, 15) is 57.8 Å². The van der Waals surface area contributed by atoms with Gasteiger partial charge < -0.3 is 70.9 Å². The molecule has 0 saturated carbocycles. The summed E-state index contributed by atoms with van der Waals surface area (Å²) in [6.07, 6.45) is 3.21. The predicted molar refractivity (Wildman–Crippen MR) is 386 cm³/mol. The number of urea groups is 1. The molecule has 1 aliphatic heterocycles. The number of nitrogens with zero attached hydrogens (tertiary/aromatic N) is 3. The van der Waals surface area contributed by atoms with Gasteiger partial charge in [-0.1, -0.05) is 125 Å². The van der Waals surface area contributed by atoms with E-state index in [0.717, 1.165) is 24.8 Å². The van der Waals surface area contributed by atoms with Crippen LogP contribution < -0.4 is 27.4 Å². The Hall–Kier alpha value is -7.03. The van der Waals surface area contributed by atoms with Gasteiger partial charge in [0, 0.05) is 110 Å². The van der Waals surface area contributed by atoms with E-state index in [1.54, 1.807) is 62.1 Å². The number of nitrogens with one attached hydrogen (secondary N) is 3. The lowest BCUT2D eigenvalue weighted by molar-refractivity contribution is -0.149. The molecule has 1 saturated heterocycles. The van der Waals surface area contributed by atoms with Gasteiger partial charge in [0.25, 0.3) is 0 Å². The maximum absolute atomic E-state index is 14.9. The number of unbranched alkanes of at least 4 members (excludes halogenated alkanes) is 2. The third-order valence-corrected chi connectivity index (χ3v) is 19.5. The summed E-state index contributed by atoms with van der Waals surface area (Å²) < 4.78 is 28.9. The van der Waals surface area contributed by atoms with Gasteiger partial charge in [-0.25, -0.2) is 9.59 Å². The van der Waals surface area contributed by atoms with Crippen LogP contribution >= 0.6 is 0 Å². The number of aliphatic hydroxyl groups is 1. The molecule has 0 radical (unpaired) electrons. The average Bonchev–Trinajstić information content (AvgIpc) is 1.80. The van der Waals surface area contributed by atoms with E-state index >= 15 is 0 Å². The zero-order chi connectivity index (χ0) is 75.5. The molecule has 0 spiro atoms. The van der Waals surface area contributed by atoms with E-state index < -0.39 is 84.2 Å². The lowest BCUT2D eigenvalue weighted by atomic mass is 9.83. The van der Waals surface area contributed by atoms with Gasteiger partial charge in [0.05, 0.1) is 68.7 Å². The Balaban J connectivity index is 1.62. The van der Waals surface area contributed by atoms with Crippen molar-refractivity contribution in [2.45, 2.75) is 221 Å². The first kappa shape index (κ1) is 88.2. The summed E-state index contributed by atoms with van der Waals surface area (Å²) in [5.41, 5.74) is 12.3. The van der Waals surface area contributed by atoms with E-state index in [4.69, 9.17) is 35.2 Å². The molecule has 7 amide bonds. The Bertz CT molecular complexity index is 2910. The Morgan fingerprint density at radius 1 is 0.683 bits per heavy atom. The van der Waals surface area contributed by atoms with Crippen molar-refractivity contribution in [3.8, 4) is 0 Å². The van der Waals surface area contributed by atoms with E-state index in [0.29, 0.717) is 75.8 Å². The lowest BCUT2D eigenvalue weighted by Gasteiger charge is -2.41. The summed E-state index contributed by atoms with van der Waals surface area (Å²) in [6, 6.07) is 12.1. The van der Waals surface area contributed by atoms with Gasteiger partial charge in [-0.3, -0.25) is 43.2 Å². The third kappa shape index (κ3) is 30.1. The Kier molecular flexibility index (Phi) is 40.6. The van der Waals surface area contributed by atoms with Gasteiger partial charge in [-0.05, 0) is 97.8 Å². The number of likely N-dealkylation sites (N-methyl/N-ethyl adjacent to an activating group) is 2. The Morgan fingerprint density at radius 3 is 1.92 bits per heavy atom. The maximum atomic E-state index is 14.9. The van der Waals surface area contributed by atoms with Crippen molar-refractivity contribution in [3.63, 3.8) is 0 Å². The number of likely N-dealkylation sites (tertiary alicyclic amines) is 1. The van der Waals surface area contributed by atoms with Crippen LogP contribution in [0.5, 0.6) is 0 Å². The highest BCUT2D eigenvalue weighted by Crippen LogP contribution is 2.34. The number of carbonyl (C=O) groups is 11. The fraction of sp³-hybridized carbons (Fsp3) is 0.697. The molecule has 0 aliphatic carbocycles. The first-order valence-electron chi connectivity index (χ1n) is 36.4. The zero-order valence-corrected chi connectivity index (χ0v) is 62.8. The number of aliphatic hydroxyl groups excluding tert-OH is 1. The van der Waals surface area contributed by atoms with Crippen LogP contribution in [0.1, 0.15) is 189 Å². The molecule has 1 aliphatic rings. The van der Waals surface area contributed by atoms with Crippen molar-refractivity contribution >= 4 is 70.4 Å². The van der Waals surface area contributed by atoms with Gasteiger partial charge in [0.2, 0.25) is 23.6 Å². The molecule has 8 N–H and O–H groups in total. The van der Waals surface area contributed by atoms with Crippen LogP contribution in [-0.2, 0) is 73.4 Å². The SMILES string of the molecule is CC[C@H](C)C([C@@H](CC(=O)N1CCC[C@H]1[C@H](OC)[C@@H](C)C(=O)C[C@H](C)[C@@H](O)c1ccccc1)OC)N(C)C(=O)[C@H](CC(=O)C(C(C)C)N(C)C(=O)OCc1ccc(NC(=O)[C@@H](CCCNC(N)=O)CC(=O)[C@@H](NC(=O)COCCOCCCC(=O)CCCCCC(=O)CN)C(C)C)cc1)C(C)C. The van der Waals surface area contributed by atoms with Crippen LogP contribution in [0.4, 0.5) is 15.3 Å². The van der Waals surface area contributed by atoms with Crippen molar-refractivity contribution in [1.82, 2.24) is 25.3 Å². The number of carbonyl (C=O) groups excluding carboxylic acids is 11.